The van der Waals surface area contributed by atoms with Gasteiger partial charge in [0.15, 0.2) is 0 Å². The molecule has 1 aliphatic heterocycles. The first-order valence-electron chi connectivity index (χ1n) is 12.9. The molecular formula is C28H43ClF3N3O. The molecule has 0 amide bonds. The number of ether oxygens (including phenoxy) is 1. The summed E-state index contributed by atoms with van der Waals surface area (Å²) in [6, 6.07) is 0.269. The van der Waals surface area contributed by atoms with Crippen LogP contribution in [0.15, 0.2) is 53.3 Å². The van der Waals surface area contributed by atoms with Gasteiger partial charge in [0.25, 0.3) is 0 Å². The molecule has 0 aromatic carbocycles. The Kier molecular flexibility index (Phi) is 12.1. The third-order valence-electron chi connectivity index (χ3n) is 7.58. The summed E-state index contributed by atoms with van der Waals surface area (Å²) in [6.45, 7) is 9.90. The van der Waals surface area contributed by atoms with Crippen LogP contribution in [-0.4, -0.2) is 68.2 Å². The normalized spacial score (nSPS) is 20.5. The van der Waals surface area contributed by atoms with E-state index in [0.29, 0.717) is 23.6 Å². The summed E-state index contributed by atoms with van der Waals surface area (Å²) in [7, 11) is 3.27. The van der Waals surface area contributed by atoms with Crippen LogP contribution in [0.2, 0.25) is 0 Å². The summed E-state index contributed by atoms with van der Waals surface area (Å²) in [6.07, 6.45) is 11.1. The van der Waals surface area contributed by atoms with E-state index in [4.69, 9.17) is 16.3 Å². The van der Waals surface area contributed by atoms with Crippen molar-refractivity contribution in [2.45, 2.75) is 58.5 Å². The zero-order valence-electron chi connectivity index (χ0n) is 22.3. The number of hydrogen-bond acceptors (Lipinski definition) is 3. The third-order valence-corrected chi connectivity index (χ3v) is 7.70. The van der Waals surface area contributed by atoms with Gasteiger partial charge in [0.2, 0.25) is 0 Å². The van der Waals surface area contributed by atoms with Crippen molar-refractivity contribution in [3.05, 3.63) is 48.3 Å². The molecule has 0 radical (unpaired) electrons. The highest BCUT2D eigenvalue weighted by molar-refractivity contribution is 6.18. The van der Waals surface area contributed by atoms with Crippen LogP contribution < -0.4 is 0 Å². The number of alkyl halides is 4. The summed E-state index contributed by atoms with van der Waals surface area (Å²) in [5.74, 6) is 0.479. The molecule has 1 aliphatic carbocycles. The van der Waals surface area contributed by atoms with Gasteiger partial charge in [-0.1, -0.05) is 37.3 Å². The number of aliphatic imine (C=N–C) groups is 1. The average molecular weight is 530 g/mol. The van der Waals surface area contributed by atoms with Gasteiger partial charge in [0.1, 0.15) is 17.6 Å². The van der Waals surface area contributed by atoms with Crippen molar-refractivity contribution in [1.82, 2.24) is 9.80 Å². The molecule has 4 nitrogen and oxygen atoms in total. The van der Waals surface area contributed by atoms with Crippen LogP contribution in [0.3, 0.4) is 0 Å². The lowest BCUT2D eigenvalue weighted by atomic mass is 9.57. The Morgan fingerprint density at radius 3 is 2.50 bits per heavy atom. The van der Waals surface area contributed by atoms with E-state index in [0.717, 1.165) is 44.6 Å². The number of methoxy groups -OCH3 is 1. The fourth-order valence-electron chi connectivity index (χ4n) is 5.33. The molecule has 8 heteroatoms. The highest BCUT2D eigenvalue weighted by atomic mass is 35.5. The van der Waals surface area contributed by atoms with Crippen molar-refractivity contribution >= 4 is 17.4 Å². The Bertz CT molecular complexity index is 818. The minimum atomic E-state index is -4.28. The number of likely N-dealkylation sites (tertiary alicyclic amines) is 1. The molecule has 36 heavy (non-hydrogen) atoms. The van der Waals surface area contributed by atoms with Gasteiger partial charge in [-0.3, -0.25) is 4.99 Å². The topological polar surface area (TPSA) is 28.1 Å². The van der Waals surface area contributed by atoms with E-state index in [1.54, 1.807) is 19.2 Å². The van der Waals surface area contributed by atoms with Gasteiger partial charge in [0, 0.05) is 19.6 Å². The van der Waals surface area contributed by atoms with Gasteiger partial charge < -0.3 is 14.5 Å². The SMILES string of the molecule is C=C(/C=C\C=C(/C)[C@@H](CN(C)CCC1CC2(CCN(C(/C=C\CC)=N/CCl)CC2)C1)C(F)(F)F)OC. The number of nitrogens with zero attached hydrogens (tertiary/aromatic N) is 3. The van der Waals surface area contributed by atoms with Gasteiger partial charge in [-0.15, -0.1) is 11.6 Å². The molecule has 0 bridgehead atoms. The Balaban J connectivity index is 1.81. The molecule has 1 spiro atoms. The average Bonchev–Trinajstić information content (AvgIpc) is 2.81. The number of halogens is 4. The fourth-order valence-corrected chi connectivity index (χ4v) is 5.46. The van der Waals surface area contributed by atoms with Gasteiger partial charge in [-0.2, -0.15) is 13.2 Å². The Hall–Kier alpha value is -1.73. The number of rotatable bonds is 12. The van der Waals surface area contributed by atoms with Crippen molar-refractivity contribution in [1.29, 1.82) is 0 Å². The first-order valence-corrected chi connectivity index (χ1v) is 13.4. The van der Waals surface area contributed by atoms with Crippen molar-refractivity contribution < 1.29 is 17.9 Å². The smallest absolute Gasteiger partial charge is 0.396 e. The monoisotopic (exact) mass is 529 g/mol. The van der Waals surface area contributed by atoms with Crippen molar-refractivity contribution in [3.63, 3.8) is 0 Å². The Morgan fingerprint density at radius 1 is 1.28 bits per heavy atom. The molecule has 1 atom stereocenters. The lowest BCUT2D eigenvalue weighted by Gasteiger charge is -2.53. The Morgan fingerprint density at radius 2 is 1.94 bits per heavy atom. The molecule has 0 unspecified atom stereocenters. The predicted octanol–water partition coefficient (Wildman–Crippen LogP) is 7.20. The van der Waals surface area contributed by atoms with E-state index in [1.165, 1.54) is 33.0 Å². The van der Waals surface area contributed by atoms with E-state index >= 15 is 0 Å². The van der Waals surface area contributed by atoms with Crippen LogP contribution in [0.1, 0.15) is 52.4 Å². The summed E-state index contributed by atoms with van der Waals surface area (Å²) in [5, 5.41) is 0. The fraction of sp³-hybridized carbons (Fsp3) is 0.679. The molecule has 0 N–H and O–H groups in total. The molecule has 2 fully saturated rings. The molecule has 1 heterocycles. The number of piperidine rings is 1. The summed E-state index contributed by atoms with van der Waals surface area (Å²) >= 11 is 5.85. The van der Waals surface area contributed by atoms with E-state index in [9.17, 15) is 13.2 Å². The van der Waals surface area contributed by atoms with Crippen molar-refractivity contribution in [3.8, 4) is 0 Å². The summed E-state index contributed by atoms with van der Waals surface area (Å²) in [5.41, 5.74) is 0.682. The first-order chi connectivity index (χ1) is 17.0. The predicted molar refractivity (Wildman–Crippen MR) is 144 cm³/mol. The van der Waals surface area contributed by atoms with Crippen LogP contribution in [0.4, 0.5) is 13.2 Å². The van der Waals surface area contributed by atoms with E-state index in [-0.39, 0.29) is 18.1 Å². The zero-order valence-corrected chi connectivity index (χ0v) is 23.0. The number of hydrogen-bond donors (Lipinski definition) is 0. The van der Waals surface area contributed by atoms with E-state index in [1.807, 2.05) is 4.90 Å². The number of allylic oxidation sites excluding steroid dienone is 4. The lowest BCUT2D eigenvalue weighted by Crippen LogP contribution is -2.49. The number of amidine groups is 1. The maximum atomic E-state index is 13.7. The maximum Gasteiger partial charge on any atom is 0.396 e. The summed E-state index contributed by atoms with van der Waals surface area (Å²) in [4.78, 5) is 8.60. The van der Waals surface area contributed by atoms with Crippen molar-refractivity contribution in [2.24, 2.45) is 22.2 Å². The molecular weight excluding hydrogens is 487 g/mol. The van der Waals surface area contributed by atoms with E-state index in [2.05, 4.69) is 35.5 Å². The molecule has 1 saturated carbocycles. The van der Waals surface area contributed by atoms with Crippen LogP contribution >= 0.6 is 11.6 Å². The van der Waals surface area contributed by atoms with Crippen LogP contribution in [0.5, 0.6) is 0 Å². The standard InChI is InChI=1S/C28H43ClF3N3O/c1-6-7-11-26(33-21-29)35-16-13-27(14-17-35)18-24(19-27)12-15-34(4)20-25(28(30,31)32)22(2)9-8-10-23(3)36-5/h7-11,24-25H,3,6,12-21H2,1-2,4-5H3/b10-8-,11-7-,22-9+,33-26+/t25-/m1/s1. The van der Waals surface area contributed by atoms with Gasteiger partial charge in [-0.25, -0.2) is 0 Å². The summed E-state index contributed by atoms with van der Waals surface area (Å²) < 4.78 is 46.2. The molecule has 2 aliphatic rings. The van der Waals surface area contributed by atoms with Crippen LogP contribution in [0.25, 0.3) is 0 Å². The minimum absolute atomic E-state index is 0.0360. The maximum absolute atomic E-state index is 13.7. The van der Waals surface area contributed by atoms with E-state index < -0.39 is 12.1 Å². The molecule has 0 aromatic heterocycles. The zero-order chi connectivity index (χ0) is 26.8. The molecule has 0 aromatic rings. The minimum Gasteiger partial charge on any atom is -0.497 e. The van der Waals surface area contributed by atoms with Crippen LogP contribution in [0, 0.1) is 17.3 Å². The first kappa shape index (κ1) is 30.5. The van der Waals surface area contributed by atoms with Gasteiger partial charge >= 0.3 is 6.18 Å². The lowest BCUT2D eigenvalue weighted by molar-refractivity contribution is -0.167. The second-order valence-corrected chi connectivity index (χ2v) is 10.5. The Labute approximate surface area is 220 Å². The highest BCUT2D eigenvalue weighted by Gasteiger charge is 2.46. The van der Waals surface area contributed by atoms with Gasteiger partial charge in [0.05, 0.1) is 13.0 Å². The third kappa shape index (κ3) is 9.29. The van der Waals surface area contributed by atoms with Crippen LogP contribution in [-0.2, 0) is 4.74 Å². The highest BCUT2D eigenvalue weighted by Crippen LogP contribution is 2.53. The quantitative estimate of drug-likeness (QED) is 0.0668. The molecule has 2 rings (SSSR count). The molecule has 204 valence electrons. The largest absolute Gasteiger partial charge is 0.497 e. The van der Waals surface area contributed by atoms with Gasteiger partial charge in [-0.05, 0) is 82.5 Å². The second kappa shape index (κ2) is 14.3. The van der Waals surface area contributed by atoms with Crippen molar-refractivity contribution in [2.75, 3.05) is 46.3 Å². The molecule has 1 saturated heterocycles. The second-order valence-electron chi connectivity index (χ2n) is 10.3.